The Kier molecular flexibility index (Phi) is 4.90. The highest BCUT2D eigenvalue weighted by Gasteiger charge is 2.29. The summed E-state index contributed by atoms with van der Waals surface area (Å²) in [6.07, 6.45) is 3.29. The Morgan fingerprint density at radius 2 is 2.11 bits per heavy atom. The van der Waals surface area contributed by atoms with Gasteiger partial charge in [0, 0.05) is 18.7 Å². The number of rotatable bonds is 4. The molecule has 0 radical (unpaired) electrons. The molecule has 1 aromatic carbocycles. The average molecular weight is 380 g/mol. The van der Waals surface area contributed by atoms with Gasteiger partial charge in [-0.3, -0.25) is 4.79 Å². The number of para-hydroxylation sites is 2. The Hall–Kier alpha value is -3.09. The van der Waals surface area contributed by atoms with E-state index in [0.717, 1.165) is 41.9 Å². The molecule has 7 heteroatoms. The molecule has 7 nitrogen and oxygen atoms in total. The fourth-order valence-electron chi connectivity index (χ4n) is 3.77. The van der Waals surface area contributed by atoms with Crippen LogP contribution in [0.4, 0.5) is 11.5 Å². The normalized spacial score (nSPS) is 17.0. The second-order valence-corrected chi connectivity index (χ2v) is 7.14. The zero-order chi connectivity index (χ0) is 19.7. The van der Waals surface area contributed by atoms with Crippen LogP contribution in [0.5, 0.6) is 5.75 Å². The van der Waals surface area contributed by atoms with Gasteiger partial charge in [0.25, 0.3) is 0 Å². The molecule has 1 N–H and O–H groups in total. The number of nitrogens with zero attached hydrogens (tertiary/aromatic N) is 3. The number of furan rings is 1. The Morgan fingerprint density at radius 1 is 1.29 bits per heavy atom. The molecule has 1 aliphatic heterocycles. The van der Waals surface area contributed by atoms with Gasteiger partial charge in [0.15, 0.2) is 0 Å². The van der Waals surface area contributed by atoms with Crippen molar-refractivity contribution < 1.29 is 13.9 Å². The number of methoxy groups -OCH3 is 1. The number of anilines is 2. The summed E-state index contributed by atoms with van der Waals surface area (Å²) in [4.78, 5) is 23.8. The first-order chi connectivity index (χ1) is 13.6. The van der Waals surface area contributed by atoms with E-state index in [2.05, 4.69) is 20.2 Å². The zero-order valence-electron chi connectivity index (χ0n) is 16.4. The first-order valence-corrected chi connectivity index (χ1v) is 9.48. The third kappa shape index (κ3) is 3.28. The highest BCUT2D eigenvalue weighted by molar-refractivity contribution is 5.95. The van der Waals surface area contributed by atoms with Crippen LogP contribution in [-0.4, -0.2) is 36.1 Å². The van der Waals surface area contributed by atoms with Gasteiger partial charge in [0.1, 0.15) is 23.7 Å². The standard InChI is InChI=1S/C21H24N4O3/c1-13-14(2)28-21-18(13)19(22-12-23-21)25-10-6-7-15(11-25)20(26)24-16-8-4-5-9-17(16)27-3/h4-5,8-9,12,15H,6-7,10-11H2,1-3H3,(H,24,26)/t15-/m0/s1. The predicted molar refractivity (Wildman–Crippen MR) is 108 cm³/mol. The van der Waals surface area contributed by atoms with Crippen molar-refractivity contribution in [2.75, 3.05) is 30.4 Å². The molecule has 2 aromatic heterocycles. The maximum atomic E-state index is 12.9. The molecule has 0 aliphatic carbocycles. The maximum Gasteiger partial charge on any atom is 0.231 e. The highest BCUT2D eigenvalue weighted by atomic mass is 16.5. The third-order valence-electron chi connectivity index (χ3n) is 5.40. The lowest BCUT2D eigenvalue weighted by Crippen LogP contribution is -2.41. The van der Waals surface area contributed by atoms with Crippen LogP contribution < -0.4 is 15.0 Å². The molecule has 0 bridgehead atoms. The fraction of sp³-hybridized carbons (Fsp3) is 0.381. The smallest absolute Gasteiger partial charge is 0.231 e. The lowest BCUT2D eigenvalue weighted by Gasteiger charge is -2.33. The van der Waals surface area contributed by atoms with Crippen LogP contribution >= 0.6 is 0 Å². The number of nitrogens with one attached hydrogen (secondary N) is 1. The molecular weight excluding hydrogens is 356 g/mol. The number of aromatic nitrogens is 2. The molecule has 1 fully saturated rings. The molecule has 0 saturated carbocycles. The summed E-state index contributed by atoms with van der Waals surface area (Å²) in [7, 11) is 1.60. The van der Waals surface area contributed by atoms with Crippen LogP contribution in [0, 0.1) is 19.8 Å². The number of hydrogen-bond acceptors (Lipinski definition) is 6. The van der Waals surface area contributed by atoms with E-state index in [9.17, 15) is 4.79 Å². The lowest BCUT2D eigenvalue weighted by molar-refractivity contribution is -0.120. The number of fused-ring (bicyclic) bond motifs is 1. The maximum absolute atomic E-state index is 12.9. The van der Waals surface area contributed by atoms with Gasteiger partial charge in [0.05, 0.1) is 24.1 Å². The van der Waals surface area contributed by atoms with Crippen LogP contribution in [0.2, 0.25) is 0 Å². The Balaban J connectivity index is 1.56. The molecule has 1 aliphatic rings. The molecule has 4 rings (SSSR count). The van der Waals surface area contributed by atoms with E-state index in [1.165, 1.54) is 6.33 Å². The molecule has 0 unspecified atom stereocenters. The SMILES string of the molecule is COc1ccccc1NC(=O)[C@H]1CCCN(c2ncnc3oc(C)c(C)c23)C1. The minimum atomic E-state index is -0.128. The first kappa shape index (κ1) is 18.3. The van der Waals surface area contributed by atoms with Crippen molar-refractivity contribution in [2.45, 2.75) is 26.7 Å². The Labute approximate surface area is 163 Å². The molecule has 1 atom stereocenters. The molecule has 3 heterocycles. The van der Waals surface area contributed by atoms with Crippen molar-refractivity contribution >= 4 is 28.5 Å². The number of piperidine rings is 1. The van der Waals surface area contributed by atoms with Crippen molar-refractivity contribution in [3.05, 3.63) is 41.9 Å². The van der Waals surface area contributed by atoms with Crippen LogP contribution in [0.25, 0.3) is 11.1 Å². The van der Waals surface area contributed by atoms with E-state index in [1.54, 1.807) is 7.11 Å². The summed E-state index contributed by atoms with van der Waals surface area (Å²) in [5, 5.41) is 3.95. The number of carbonyl (C=O) groups is 1. The number of ether oxygens (including phenoxy) is 1. The Bertz CT molecular complexity index is 1010. The average Bonchev–Trinajstić information content (AvgIpc) is 3.02. The van der Waals surface area contributed by atoms with E-state index in [-0.39, 0.29) is 11.8 Å². The van der Waals surface area contributed by atoms with Crippen LogP contribution in [0.1, 0.15) is 24.2 Å². The second-order valence-electron chi connectivity index (χ2n) is 7.14. The van der Waals surface area contributed by atoms with Crippen molar-refractivity contribution in [2.24, 2.45) is 5.92 Å². The van der Waals surface area contributed by atoms with E-state index in [1.807, 2.05) is 38.1 Å². The molecule has 146 valence electrons. The van der Waals surface area contributed by atoms with Gasteiger partial charge >= 0.3 is 0 Å². The third-order valence-corrected chi connectivity index (χ3v) is 5.40. The summed E-state index contributed by atoms with van der Waals surface area (Å²) in [6.45, 7) is 5.41. The quantitative estimate of drug-likeness (QED) is 0.743. The summed E-state index contributed by atoms with van der Waals surface area (Å²) in [5.74, 6) is 2.22. The number of aryl methyl sites for hydroxylation is 2. The number of hydrogen-bond donors (Lipinski definition) is 1. The summed E-state index contributed by atoms with van der Waals surface area (Å²) < 4.78 is 11.1. The van der Waals surface area contributed by atoms with Crippen molar-refractivity contribution in [1.82, 2.24) is 9.97 Å². The minimum Gasteiger partial charge on any atom is -0.495 e. The zero-order valence-corrected chi connectivity index (χ0v) is 16.4. The van der Waals surface area contributed by atoms with Gasteiger partial charge in [-0.25, -0.2) is 9.97 Å². The molecule has 1 saturated heterocycles. The first-order valence-electron chi connectivity index (χ1n) is 9.48. The predicted octanol–water partition coefficient (Wildman–Crippen LogP) is 3.70. The number of benzene rings is 1. The van der Waals surface area contributed by atoms with Crippen LogP contribution in [0.15, 0.2) is 35.0 Å². The van der Waals surface area contributed by atoms with Gasteiger partial charge in [0.2, 0.25) is 11.6 Å². The van der Waals surface area contributed by atoms with Crippen molar-refractivity contribution in [1.29, 1.82) is 0 Å². The topological polar surface area (TPSA) is 80.5 Å². The number of carbonyl (C=O) groups excluding carboxylic acids is 1. The van der Waals surface area contributed by atoms with Gasteiger partial charge in [-0.15, -0.1) is 0 Å². The van der Waals surface area contributed by atoms with Gasteiger partial charge in [-0.05, 0) is 38.8 Å². The van der Waals surface area contributed by atoms with Crippen molar-refractivity contribution in [3.8, 4) is 5.75 Å². The largest absolute Gasteiger partial charge is 0.495 e. The summed E-state index contributed by atoms with van der Waals surface area (Å²) in [6, 6.07) is 7.45. The van der Waals surface area contributed by atoms with Gasteiger partial charge in [-0.1, -0.05) is 12.1 Å². The lowest BCUT2D eigenvalue weighted by atomic mass is 9.96. The van der Waals surface area contributed by atoms with E-state index < -0.39 is 0 Å². The highest BCUT2D eigenvalue weighted by Crippen LogP contribution is 2.33. The van der Waals surface area contributed by atoms with E-state index >= 15 is 0 Å². The van der Waals surface area contributed by atoms with Crippen LogP contribution in [-0.2, 0) is 4.79 Å². The molecular formula is C21H24N4O3. The minimum absolute atomic E-state index is 0.000374. The molecule has 28 heavy (non-hydrogen) atoms. The molecule has 1 amide bonds. The number of amides is 1. The fourth-order valence-corrected chi connectivity index (χ4v) is 3.77. The van der Waals surface area contributed by atoms with E-state index in [4.69, 9.17) is 9.15 Å². The molecule has 0 spiro atoms. The van der Waals surface area contributed by atoms with Crippen LogP contribution in [0.3, 0.4) is 0 Å². The van der Waals surface area contributed by atoms with Gasteiger partial charge in [-0.2, -0.15) is 0 Å². The Morgan fingerprint density at radius 3 is 2.93 bits per heavy atom. The molecule has 3 aromatic rings. The summed E-state index contributed by atoms with van der Waals surface area (Å²) >= 11 is 0. The monoisotopic (exact) mass is 380 g/mol. The second kappa shape index (κ2) is 7.50. The van der Waals surface area contributed by atoms with E-state index in [0.29, 0.717) is 23.7 Å². The van der Waals surface area contributed by atoms with Gasteiger partial charge < -0.3 is 19.4 Å². The summed E-state index contributed by atoms with van der Waals surface area (Å²) in [5.41, 5.74) is 2.34. The van der Waals surface area contributed by atoms with Crippen molar-refractivity contribution in [3.63, 3.8) is 0 Å².